The number of aromatic nitrogens is 2. The van der Waals surface area contributed by atoms with Gasteiger partial charge in [0.1, 0.15) is 0 Å². The Morgan fingerprint density at radius 1 is 1.38 bits per heavy atom. The van der Waals surface area contributed by atoms with E-state index in [0.29, 0.717) is 6.54 Å². The first-order valence-electron chi connectivity index (χ1n) is 5.35. The molecule has 0 unspecified atom stereocenters. The minimum Gasteiger partial charge on any atom is -0.226 e. The molecule has 6 heteroatoms. The van der Waals surface area contributed by atoms with Crippen LogP contribution in [0.3, 0.4) is 0 Å². The number of nitrogens with zero attached hydrogens (tertiary/aromatic N) is 2. The SMILES string of the molecule is CCC1(CNS(=O)(=O)c2ncccn2)CC1. The lowest BCUT2D eigenvalue weighted by Gasteiger charge is -2.12. The van der Waals surface area contributed by atoms with Crippen LogP contribution in [0.25, 0.3) is 0 Å². The van der Waals surface area contributed by atoms with Crippen LogP contribution in [0.2, 0.25) is 0 Å². The Hall–Kier alpha value is -1.01. The van der Waals surface area contributed by atoms with Crippen LogP contribution >= 0.6 is 0 Å². The van der Waals surface area contributed by atoms with E-state index in [1.807, 2.05) is 0 Å². The van der Waals surface area contributed by atoms with Crippen LogP contribution in [0.15, 0.2) is 23.6 Å². The van der Waals surface area contributed by atoms with E-state index in [4.69, 9.17) is 0 Å². The zero-order valence-electron chi connectivity index (χ0n) is 9.18. The Morgan fingerprint density at radius 2 is 2.00 bits per heavy atom. The first-order valence-corrected chi connectivity index (χ1v) is 6.83. The lowest BCUT2D eigenvalue weighted by molar-refractivity contribution is 0.474. The van der Waals surface area contributed by atoms with Crippen molar-refractivity contribution >= 4 is 10.0 Å². The summed E-state index contributed by atoms with van der Waals surface area (Å²) in [6.07, 6.45) is 6.05. The Labute approximate surface area is 95.4 Å². The fourth-order valence-electron chi connectivity index (χ4n) is 1.57. The molecule has 1 N–H and O–H groups in total. The number of hydrogen-bond donors (Lipinski definition) is 1. The normalized spacial score (nSPS) is 18.3. The number of rotatable bonds is 5. The third-order valence-electron chi connectivity index (χ3n) is 3.13. The van der Waals surface area contributed by atoms with Gasteiger partial charge in [0.15, 0.2) is 0 Å². The highest BCUT2D eigenvalue weighted by Crippen LogP contribution is 2.47. The lowest BCUT2D eigenvalue weighted by atomic mass is 10.1. The quantitative estimate of drug-likeness (QED) is 0.779. The summed E-state index contributed by atoms with van der Waals surface area (Å²) in [6, 6.07) is 1.59. The highest BCUT2D eigenvalue weighted by molar-refractivity contribution is 7.89. The fourth-order valence-corrected chi connectivity index (χ4v) is 2.59. The van der Waals surface area contributed by atoms with Crippen LogP contribution < -0.4 is 4.72 Å². The van der Waals surface area contributed by atoms with Gasteiger partial charge in [-0.15, -0.1) is 0 Å². The second-order valence-electron chi connectivity index (χ2n) is 4.21. The van der Waals surface area contributed by atoms with Gasteiger partial charge in [-0.25, -0.2) is 23.1 Å². The van der Waals surface area contributed by atoms with Gasteiger partial charge in [-0.3, -0.25) is 0 Å². The fraction of sp³-hybridized carbons (Fsp3) is 0.600. The van der Waals surface area contributed by atoms with Crippen molar-refractivity contribution in [2.45, 2.75) is 31.3 Å². The second kappa shape index (κ2) is 4.10. The molecule has 1 aromatic heterocycles. The molecule has 5 nitrogen and oxygen atoms in total. The lowest BCUT2D eigenvalue weighted by Crippen LogP contribution is -2.31. The summed E-state index contributed by atoms with van der Waals surface area (Å²) < 4.78 is 26.1. The zero-order valence-corrected chi connectivity index (χ0v) is 10.00. The Balaban J connectivity index is 2.04. The minimum atomic E-state index is -3.54. The maximum absolute atomic E-state index is 11.8. The summed E-state index contributed by atoms with van der Waals surface area (Å²) >= 11 is 0. The van der Waals surface area contributed by atoms with E-state index in [1.54, 1.807) is 6.07 Å². The molecule has 0 spiro atoms. The van der Waals surface area contributed by atoms with Gasteiger partial charge in [-0.2, -0.15) is 0 Å². The van der Waals surface area contributed by atoms with E-state index >= 15 is 0 Å². The van der Waals surface area contributed by atoms with Crippen molar-refractivity contribution in [3.05, 3.63) is 18.5 Å². The Morgan fingerprint density at radius 3 is 2.50 bits per heavy atom. The largest absolute Gasteiger partial charge is 0.276 e. The summed E-state index contributed by atoms with van der Waals surface area (Å²) in [6.45, 7) is 2.57. The Kier molecular flexibility index (Phi) is 2.94. The van der Waals surface area contributed by atoms with E-state index in [0.717, 1.165) is 19.3 Å². The molecule has 1 heterocycles. The summed E-state index contributed by atoms with van der Waals surface area (Å²) in [5.74, 6) is 0. The molecule has 1 fully saturated rings. The smallest absolute Gasteiger partial charge is 0.226 e. The van der Waals surface area contributed by atoms with E-state index in [2.05, 4.69) is 21.6 Å². The van der Waals surface area contributed by atoms with Gasteiger partial charge >= 0.3 is 0 Å². The monoisotopic (exact) mass is 241 g/mol. The van der Waals surface area contributed by atoms with Crippen molar-refractivity contribution in [1.29, 1.82) is 0 Å². The van der Waals surface area contributed by atoms with Crippen LogP contribution in [-0.2, 0) is 10.0 Å². The maximum atomic E-state index is 11.8. The first-order chi connectivity index (χ1) is 7.58. The molecule has 0 bridgehead atoms. The molecule has 88 valence electrons. The number of nitrogens with one attached hydrogen (secondary N) is 1. The van der Waals surface area contributed by atoms with Gasteiger partial charge in [-0.05, 0) is 30.7 Å². The van der Waals surface area contributed by atoms with Crippen molar-refractivity contribution in [3.63, 3.8) is 0 Å². The topological polar surface area (TPSA) is 72.0 Å². The van der Waals surface area contributed by atoms with Crippen LogP contribution in [0, 0.1) is 5.41 Å². The van der Waals surface area contributed by atoms with Crippen LogP contribution in [0.5, 0.6) is 0 Å². The van der Waals surface area contributed by atoms with Crippen LogP contribution in [0.1, 0.15) is 26.2 Å². The highest BCUT2D eigenvalue weighted by Gasteiger charge is 2.41. The number of hydrogen-bond acceptors (Lipinski definition) is 4. The molecule has 1 aromatic rings. The summed E-state index contributed by atoms with van der Waals surface area (Å²) in [4.78, 5) is 7.47. The van der Waals surface area contributed by atoms with Gasteiger partial charge < -0.3 is 0 Å². The molecule has 0 aliphatic heterocycles. The average molecular weight is 241 g/mol. The molecule has 2 rings (SSSR count). The average Bonchev–Trinajstić information content (AvgIpc) is 3.09. The van der Waals surface area contributed by atoms with E-state index < -0.39 is 10.0 Å². The predicted octanol–water partition coefficient (Wildman–Crippen LogP) is 0.945. The van der Waals surface area contributed by atoms with Crippen molar-refractivity contribution in [2.75, 3.05) is 6.54 Å². The molecule has 0 saturated heterocycles. The molecule has 1 aliphatic rings. The van der Waals surface area contributed by atoms with Gasteiger partial charge in [0, 0.05) is 18.9 Å². The van der Waals surface area contributed by atoms with Crippen molar-refractivity contribution in [2.24, 2.45) is 5.41 Å². The zero-order chi connectivity index (χ0) is 11.6. The van der Waals surface area contributed by atoms with E-state index in [-0.39, 0.29) is 10.6 Å². The molecule has 0 atom stereocenters. The summed E-state index contributed by atoms with van der Waals surface area (Å²) in [7, 11) is -3.54. The van der Waals surface area contributed by atoms with Gasteiger partial charge in [0.2, 0.25) is 0 Å². The van der Waals surface area contributed by atoms with E-state index in [1.165, 1.54) is 12.4 Å². The van der Waals surface area contributed by atoms with Crippen molar-refractivity contribution < 1.29 is 8.42 Å². The van der Waals surface area contributed by atoms with Crippen molar-refractivity contribution in [1.82, 2.24) is 14.7 Å². The highest BCUT2D eigenvalue weighted by atomic mass is 32.2. The molecule has 0 amide bonds. The number of sulfonamides is 1. The molecule has 1 saturated carbocycles. The van der Waals surface area contributed by atoms with Crippen LogP contribution in [0.4, 0.5) is 0 Å². The van der Waals surface area contributed by atoms with Gasteiger partial charge in [-0.1, -0.05) is 6.92 Å². The predicted molar refractivity (Wildman–Crippen MR) is 59.2 cm³/mol. The second-order valence-corrected chi connectivity index (χ2v) is 5.87. The standard InChI is InChI=1S/C10H15N3O2S/c1-2-10(4-5-10)8-13-16(14,15)9-11-6-3-7-12-9/h3,6-7,13H,2,4-5,8H2,1H3. The summed E-state index contributed by atoms with van der Waals surface area (Å²) in [5.41, 5.74) is 0.182. The third kappa shape index (κ3) is 2.38. The minimum absolute atomic E-state index is 0.151. The Bertz CT molecular complexity index is 454. The maximum Gasteiger partial charge on any atom is 0.276 e. The summed E-state index contributed by atoms with van der Waals surface area (Å²) in [5, 5.41) is -0.151. The van der Waals surface area contributed by atoms with Crippen molar-refractivity contribution in [3.8, 4) is 0 Å². The first kappa shape index (κ1) is 11.5. The van der Waals surface area contributed by atoms with E-state index in [9.17, 15) is 8.42 Å². The molecular weight excluding hydrogens is 226 g/mol. The van der Waals surface area contributed by atoms with Gasteiger partial charge in [0.25, 0.3) is 15.2 Å². The molecule has 0 aromatic carbocycles. The molecule has 16 heavy (non-hydrogen) atoms. The third-order valence-corrected chi connectivity index (χ3v) is 4.34. The van der Waals surface area contributed by atoms with Crippen LogP contribution in [-0.4, -0.2) is 24.9 Å². The molecular formula is C10H15N3O2S. The molecule has 0 radical (unpaired) electrons. The molecule has 1 aliphatic carbocycles. The van der Waals surface area contributed by atoms with Gasteiger partial charge in [0.05, 0.1) is 0 Å².